The van der Waals surface area contributed by atoms with E-state index in [0.29, 0.717) is 18.7 Å². The lowest BCUT2D eigenvalue weighted by molar-refractivity contribution is 0.0733. The number of pyridine rings is 1. The van der Waals surface area contributed by atoms with Gasteiger partial charge < -0.3 is 14.9 Å². The van der Waals surface area contributed by atoms with Crippen LogP contribution in [0.25, 0.3) is 0 Å². The molecule has 0 unspecified atom stereocenters. The molecule has 2 heterocycles. The van der Waals surface area contributed by atoms with Crippen LogP contribution in [0.4, 0.5) is 0 Å². The molecule has 0 radical (unpaired) electrons. The molecular weight excluding hydrogens is 454 g/mol. The number of fused-ring (bicyclic) bond motifs is 1. The van der Waals surface area contributed by atoms with Gasteiger partial charge >= 0.3 is 0 Å². The van der Waals surface area contributed by atoms with Crippen LogP contribution in [0.1, 0.15) is 31.9 Å². The number of ether oxygens (including phenoxy) is 1. The highest BCUT2D eigenvalue weighted by Gasteiger charge is 2.38. The molecule has 2 aromatic rings. The number of aliphatic hydroxyl groups excluding tert-OH is 2. The van der Waals surface area contributed by atoms with Gasteiger partial charge in [-0.15, -0.1) is 0 Å². The van der Waals surface area contributed by atoms with E-state index in [1.807, 2.05) is 26.1 Å². The number of rotatable bonds is 6. The fourth-order valence-electron chi connectivity index (χ4n) is 3.88. The zero-order valence-electron chi connectivity index (χ0n) is 20.0. The van der Waals surface area contributed by atoms with Crippen LogP contribution < -0.4 is 4.74 Å². The summed E-state index contributed by atoms with van der Waals surface area (Å²) in [4.78, 5) is 6.23. The van der Waals surface area contributed by atoms with Gasteiger partial charge in [-0.3, -0.25) is 9.88 Å². The maximum Gasteiger partial charge on any atom is 0.247 e. The van der Waals surface area contributed by atoms with Crippen LogP contribution in [0, 0.1) is 17.8 Å². The van der Waals surface area contributed by atoms with E-state index in [0.717, 1.165) is 5.56 Å². The number of likely N-dealkylation sites (N-methyl/N-ethyl adjacent to an activating group) is 1. The maximum atomic E-state index is 13.5. The molecule has 9 heteroatoms. The van der Waals surface area contributed by atoms with E-state index in [9.17, 15) is 18.6 Å². The number of hydrogen-bond acceptors (Lipinski definition) is 7. The molecule has 184 valence electrons. The van der Waals surface area contributed by atoms with Gasteiger partial charge in [-0.1, -0.05) is 18.8 Å². The van der Waals surface area contributed by atoms with E-state index in [4.69, 9.17) is 4.74 Å². The molecule has 4 atom stereocenters. The second-order valence-corrected chi connectivity index (χ2v) is 10.8. The molecular formula is C25H33N3O5S. The summed E-state index contributed by atoms with van der Waals surface area (Å²) in [5.41, 5.74) is 1.67. The minimum absolute atomic E-state index is 0.0454. The van der Waals surface area contributed by atoms with Gasteiger partial charge in [-0.2, -0.15) is 4.31 Å². The number of aliphatic hydroxyl groups is 2. The van der Waals surface area contributed by atoms with Crippen LogP contribution in [0.5, 0.6) is 5.75 Å². The van der Waals surface area contributed by atoms with Crippen molar-refractivity contribution in [1.82, 2.24) is 14.2 Å². The Morgan fingerprint density at radius 2 is 1.97 bits per heavy atom. The normalized spacial score (nSPS) is 21.9. The van der Waals surface area contributed by atoms with Crippen LogP contribution in [0.2, 0.25) is 0 Å². The van der Waals surface area contributed by atoms with Crippen molar-refractivity contribution in [2.75, 3.05) is 26.7 Å². The number of nitrogens with zero attached hydrogens (tertiary/aromatic N) is 3. The van der Waals surface area contributed by atoms with Crippen LogP contribution in [-0.2, 0) is 16.6 Å². The van der Waals surface area contributed by atoms with E-state index in [2.05, 4.69) is 21.7 Å². The Hall–Kier alpha value is -2.48. The molecule has 3 rings (SSSR count). The van der Waals surface area contributed by atoms with E-state index in [-0.39, 0.29) is 35.8 Å². The van der Waals surface area contributed by atoms with Gasteiger partial charge in [0.05, 0.1) is 6.61 Å². The molecule has 0 fully saturated rings. The highest BCUT2D eigenvalue weighted by Crippen LogP contribution is 2.34. The van der Waals surface area contributed by atoms with Gasteiger partial charge in [0.25, 0.3) is 0 Å². The van der Waals surface area contributed by atoms with Crippen molar-refractivity contribution in [1.29, 1.82) is 0 Å². The average Bonchev–Trinajstić information content (AvgIpc) is 2.80. The van der Waals surface area contributed by atoms with Crippen molar-refractivity contribution in [2.24, 2.45) is 5.92 Å². The first kappa shape index (κ1) is 26.1. The summed E-state index contributed by atoms with van der Waals surface area (Å²) in [7, 11) is -1.91. The lowest BCUT2D eigenvalue weighted by Gasteiger charge is -2.37. The monoisotopic (exact) mass is 487 g/mol. The summed E-state index contributed by atoms with van der Waals surface area (Å²) in [6, 6.07) is 8.03. The molecule has 34 heavy (non-hydrogen) atoms. The largest absolute Gasteiger partial charge is 0.487 e. The summed E-state index contributed by atoms with van der Waals surface area (Å²) in [5.74, 6) is 5.61. The lowest BCUT2D eigenvalue weighted by atomic mass is 10.0. The third kappa shape index (κ3) is 6.34. The van der Waals surface area contributed by atoms with Crippen molar-refractivity contribution in [3.63, 3.8) is 0 Å². The standard InChI is InChI=1S/C25H33N3O5S/c1-18-14-28(19(2)17-29)34(31,32)25-8-7-21(6-5-20(3)30)13-23(25)33-24(18)16-27(4)15-22-9-11-26-12-10-22/h7-13,18-20,24,29-30H,14-17H2,1-4H3/t18-,19+,20-,24-/m1/s1. The van der Waals surface area contributed by atoms with Gasteiger partial charge in [0, 0.05) is 49.6 Å². The zero-order valence-corrected chi connectivity index (χ0v) is 20.9. The van der Waals surface area contributed by atoms with E-state index in [1.54, 1.807) is 38.4 Å². The minimum atomic E-state index is -3.91. The average molecular weight is 488 g/mol. The molecule has 2 N–H and O–H groups in total. The number of sulfonamides is 1. The van der Waals surface area contributed by atoms with Crippen molar-refractivity contribution < 1.29 is 23.4 Å². The lowest BCUT2D eigenvalue weighted by Crippen LogP contribution is -2.49. The smallest absolute Gasteiger partial charge is 0.247 e. The Balaban J connectivity index is 1.99. The predicted molar refractivity (Wildman–Crippen MR) is 130 cm³/mol. The number of aromatic nitrogens is 1. The van der Waals surface area contributed by atoms with E-state index < -0.39 is 22.2 Å². The number of hydrogen-bond donors (Lipinski definition) is 2. The molecule has 0 bridgehead atoms. The molecule has 1 aromatic carbocycles. The molecule has 1 aromatic heterocycles. The summed E-state index contributed by atoms with van der Waals surface area (Å²) >= 11 is 0. The topological polar surface area (TPSA) is 103 Å². The molecule has 0 amide bonds. The molecule has 0 saturated carbocycles. The minimum Gasteiger partial charge on any atom is -0.487 e. The van der Waals surface area contributed by atoms with Crippen molar-refractivity contribution in [3.8, 4) is 17.6 Å². The SMILES string of the molecule is C[C@@H]1CN([C@@H](C)CO)S(=O)(=O)c2ccc(C#C[C@@H](C)O)cc2O[C@@H]1CN(C)Cc1ccncc1. The van der Waals surface area contributed by atoms with Gasteiger partial charge in [-0.05, 0) is 56.8 Å². The number of benzene rings is 1. The van der Waals surface area contributed by atoms with Gasteiger partial charge in [-0.25, -0.2) is 8.42 Å². The predicted octanol–water partition coefficient (Wildman–Crippen LogP) is 1.71. The van der Waals surface area contributed by atoms with Crippen LogP contribution in [0.15, 0.2) is 47.6 Å². The van der Waals surface area contributed by atoms with E-state index >= 15 is 0 Å². The van der Waals surface area contributed by atoms with Gasteiger partial charge in [0.15, 0.2) is 0 Å². The third-order valence-corrected chi connectivity index (χ3v) is 7.81. The third-order valence-electron chi connectivity index (χ3n) is 5.79. The van der Waals surface area contributed by atoms with Gasteiger partial charge in [0.2, 0.25) is 10.0 Å². The van der Waals surface area contributed by atoms with Crippen LogP contribution in [-0.4, -0.2) is 77.8 Å². The molecule has 0 aliphatic carbocycles. The maximum absolute atomic E-state index is 13.5. The molecule has 1 aliphatic heterocycles. The molecule has 0 saturated heterocycles. The second-order valence-electron chi connectivity index (χ2n) is 8.90. The first-order valence-corrected chi connectivity index (χ1v) is 12.8. The first-order chi connectivity index (χ1) is 16.1. The molecule has 0 spiro atoms. The Bertz CT molecular complexity index is 1130. The molecule has 1 aliphatic rings. The summed E-state index contributed by atoms with van der Waals surface area (Å²) in [6.45, 7) is 6.41. The van der Waals surface area contributed by atoms with Crippen molar-refractivity contribution >= 4 is 10.0 Å². The summed E-state index contributed by atoms with van der Waals surface area (Å²) < 4.78 is 34.7. The van der Waals surface area contributed by atoms with Gasteiger partial charge in [0.1, 0.15) is 22.9 Å². The quantitative estimate of drug-likeness (QED) is 0.598. The van der Waals surface area contributed by atoms with Crippen molar-refractivity contribution in [3.05, 3.63) is 53.9 Å². The first-order valence-electron chi connectivity index (χ1n) is 11.3. The Morgan fingerprint density at radius 1 is 1.26 bits per heavy atom. The van der Waals surface area contributed by atoms with Crippen LogP contribution >= 0.6 is 0 Å². The molecule has 8 nitrogen and oxygen atoms in total. The van der Waals surface area contributed by atoms with Crippen molar-refractivity contribution in [2.45, 2.75) is 50.5 Å². The summed E-state index contributed by atoms with van der Waals surface area (Å²) in [6.07, 6.45) is 2.39. The fourth-order valence-corrected chi connectivity index (χ4v) is 5.71. The highest BCUT2D eigenvalue weighted by molar-refractivity contribution is 7.89. The highest BCUT2D eigenvalue weighted by atomic mass is 32.2. The second kappa shape index (κ2) is 11.3. The summed E-state index contributed by atoms with van der Waals surface area (Å²) in [5, 5.41) is 19.3. The van der Waals surface area contributed by atoms with E-state index in [1.165, 1.54) is 10.4 Å². The zero-order chi connectivity index (χ0) is 24.9. The Labute approximate surface area is 202 Å². The Kier molecular flexibility index (Phi) is 8.68. The fraction of sp³-hybridized carbons (Fsp3) is 0.480. The van der Waals surface area contributed by atoms with Crippen LogP contribution in [0.3, 0.4) is 0 Å². The Morgan fingerprint density at radius 3 is 2.62 bits per heavy atom.